The van der Waals surface area contributed by atoms with Gasteiger partial charge in [-0.05, 0) is 31.6 Å². The van der Waals surface area contributed by atoms with Gasteiger partial charge < -0.3 is 10.5 Å². The average Bonchev–Trinajstić information content (AvgIpc) is 2.88. The molecule has 3 fully saturated rings. The van der Waals surface area contributed by atoms with Crippen LogP contribution in [-0.2, 0) is 4.74 Å². The summed E-state index contributed by atoms with van der Waals surface area (Å²) in [7, 11) is 0. The van der Waals surface area contributed by atoms with Crippen LogP contribution >= 0.6 is 0 Å². The second-order valence-corrected chi connectivity index (χ2v) is 5.88. The molecular formula is C13H24N2O. The van der Waals surface area contributed by atoms with Crippen molar-refractivity contribution in [1.82, 2.24) is 4.90 Å². The van der Waals surface area contributed by atoms with Crippen molar-refractivity contribution in [3.05, 3.63) is 0 Å². The van der Waals surface area contributed by atoms with Gasteiger partial charge in [0, 0.05) is 25.7 Å². The highest BCUT2D eigenvalue weighted by Crippen LogP contribution is 2.29. The molecule has 0 aromatic carbocycles. The maximum absolute atomic E-state index is 6.34. The third-order valence-electron chi connectivity index (χ3n) is 4.59. The number of likely N-dealkylation sites (tertiary alicyclic amines) is 1. The van der Waals surface area contributed by atoms with Gasteiger partial charge in [0.05, 0.1) is 12.2 Å². The molecule has 1 aliphatic carbocycles. The third-order valence-corrected chi connectivity index (χ3v) is 4.59. The molecule has 2 saturated heterocycles. The predicted molar refractivity (Wildman–Crippen MR) is 64.3 cm³/mol. The minimum atomic E-state index is 0.403. The summed E-state index contributed by atoms with van der Waals surface area (Å²) in [5, 5.41) is 0. The fourth-order valence-corrected chi connectivity index (χ4v) is 3.68. The molecule has 2 heterocycles. The Balaban J connectivity index is 1.50. The van der Waals surface area contributed by atoms with Crippen LogP contribution in [0.3, 0.4) is 0 Å². The Kier molecular flexibility index (Phi) is 3.18. The Morgan fingerprint density at radius 1 is 1.06 bits per heavy atom. The number of fused-ring (bicyclic) bond motifs is 2. The van der Waals surface area contributed by atoms with Crippen molar-refractivity contribution in [1.29, 1.82) is 0 Å². The summed E-state index contributed by atoms with van der Waals surface area (Å²) in [6, 6.07) is 0.403. The van der Waals surface area contributed by atoms with E-state index in [0.29, 0.717) is 18.2 Å². The molecule has 0 aromatic rings. The molecule has 3 heteroatoms. The van der Waals surface area contributed by atoms with Crippen LogP contribution in [0.1, 0.15) is 38.5 Å². The molecule has 92 valence electrons. The van der Waals surface area contributed by atoms with Crippen molar-refractivity contribution in [3.63, 3.8) is 0 Å². The molecule has 3 rings (SSSR count). The van der Waals surface area contributed by atoms with Crippen molar-refractivity contribution in [2.24, 2.45) is 11.7 Å². The van der Waals surface area contributed by atoms with Gasteiger partial charge in [0.2, 0.25) is 0 Å². The van der Waals surface area contributed by atoms with Gasteiger partial charge in [0.25, 0.3) is 0 Å². The molecule has 0 amide bonds. The van der Waals surface area contributed by atoms with Gasteiger partial charge in [0.15, 0.2) is 0 Å². The van der Waals surface area contributed by atoms with Gasteiger partial charge in [-0.2, -0.15) is 0 Å². The fraction of sp³-hybridized carbons (Fsp3) is 1.00. The number of nitrogens with zero attached hydrogens (tertiary/aromatic N) is 1. The first-order chi connectivity index (χ1) is 7.81. The molecule has 3 nitrogen and oxygen atoms in total. The molecule has 3 atom stereocenters. The van der Waals surface area contributed by atoms with Gasteiger partial charge >= 0.3 is 0 Å². The zero-order valence-corrected chi connectivity index (χ0v) is 10.1. The molecular weight excluding hydrogens is 200 g/mol. The maximum atomic E-state index is 6.34. The van der Waals surface area contributed by atoms with E-state index in [1.807, 2.05) is 0 Å². The Morgan fingerprint density at radius 2 is 1.69 bits per heavy atom. The first kappa shape index (κ1) is 11.0. The standard InChI is InChI=1S/C13H24N2O/c14-13(10-3-1-2-4-10)9-15-7-11-5-6-12(8-15)16-11/h10-13H,1-9,14H2. The SMILES string of the molecule is NC(CN1CC2CCC(C1)O2)C1CCCC1. The van der Waals surface area contributed by atoms with Gasteiger partial charge in [-0.15, -0.1) is 0 Å². The fourth-order valence-electron chi connectivity index (χ4n) is 3.68. The molecule has 2 aliphatic heterocycles. The van der Waals surface area contributed by atoms with E-state index < -0.39 is 0 Å². The van der Waals surface area contributed by atoms with E-state index in [2.05, 4.69) is 4.90 Å². The Labute approximate surface area is 98.3 Å². The highest BCUT2D eigenvalue weighted by Gasteiger charge is 2.35. The van der Waals surface area contributed by atoms with Crippen LogP contribution in [0.2, 0.25) is 0 Å². The van der Waals surface area contributed by atoms with Crippen molar-refractivity contribution in [3.8, 4) is 0 Å². The summed E-state index contributed by atoms with van der Waals surface area (Å²) < 4.78 is 5.85. The molecule has 1 saturated carbocycles. The molecule has 0 aromatic heterocycles. The van der Waals surface area contributed by atoms with Gasteiger partial charge in [-0.25, -0.2) is 0 Å². The summed E-state index contributed by atoms with van der Waals surface area (Å²) in [6.45, 7) is 3.34. The van der Waals surface area contributed by atoms with E-state index in [1.165, 1.54) is 38.5 Å². The van der Waals surface area contributed by atoms with E-state index >= 15 is 0 Å². The van der Waals surface area contributed by atoms with E-state index in [0.717, 1.165) is 25.6 Å². The first-order valence-electron chi connectivity index (χ1n) is 6.94. The van der Waals surface area contributed by atoms with Gasteiger partial charge in [-0.1, -0.05) is 12.8 Å². The lowest BCUT2D eigenvalue weighted by molar-refractivity contribution is -0.0410. The lowest BCUT2D eigenvalue weighted by atomic mass is 9.98. The second-order valence-electron chi connectivity index (χ2n) is 5.88. The number of hydrogen-bond acceptors (Lipinski definition) is 3. The second kappa shape index (κ2) is 4.63. The number of rotatable bonds is 3. The summed E-state index contributed by atoms with van der Waals surface area (Å²) >= 11 is 0. The monoisotopic (exact) mass is 224 g/mol. The number of hydrogen-bond donors (Lipinski definition) is 1. The van der Waals surface area contributed by atoms with Crippen LogP contribution in [0.4, 0.5) is 0 Å². The highest BCUT2D eigenvalue weighted by molar-refractivity contribution is 4.88. The van der Waals surface area contributed by atoms with E-state index in [4.69, 9.17) is 10.5 Å². The molecule has 2 bridgehead atoms. The van der Waals surface area contributed by atoms with Crippen LogP contribution in [0.25, 0.3) is 0 Å². The summed E-state index contributed by atoms with van der Waals surface area (Å²) in [5.41, 5.74) is 6.34. The lowest BCUT2D eigenvalue weighted by Crippen LogP contribution is -2.49. The predicted octanol–water partition coefficient (Wildman–Crippen LogP) is 1.37. The van der Waals surface area contributed by atoms with E-state index in [9.17, 15) is 0 Å². The molecule has 3 unspecified atom stereocenters. The Morgan fingerprint density at radius 3 is 2.31 bits per heavy atom. The van der Waals surface area contributed by atoms with Crippen LogP contribution < -0.4 is 5.73 Å². The highest BCUT2D eigenvalue weighted by atomic mass is 16.5. The maximum Gasteiger partial charge on any atom is 0.0707 e. The summed E-state index contributed by atoms with van der Waals surface area (Å²) in [5.74, 6) is 0.792. The normalized spacial score (nSPS) is 38.1. The minimum absolute atomic E-state index is 0.403. The Bertz CT molecular complexity index is 228. The van der Waals surface area contributed by atoms with Crippen LogP contribution in [0.5, 0.6) is 0 Å². The minimum Gasteiger partial charge on any atom is -0.372 e. The van der Waals surface area contributed by atoms with Gasteiger partial charge in [0.1, 0.15) is 0 Å². The van der Waals surface area contributed by atoms with Crippen LogP contribution in [0, 0.1) is 5.92 Å². The summed E-state index contributed by atoms with van der Waals surface area (Å²) in [4.78, 5) is 2.55. The quantitative estimate of drug-likeness (QED) is 0.787. The number of nitrogens with two attached hydrogens (primary N) is 1. The average molecular weight is 224 g/mol. The van der Waals surface area contributed by atoms with Crippen LogP contribution in [-0.4, -0.2) is 42.8 Å². The zero-order chi connectivity index (χ0) is 11.0. The van der Waals surface area contributed by atoms with Crippen molar-refractivity contribution in [2.75, 3.05) is 19.6 Å². The number of morpholine rings is 1. The molecule has 3 aliphatic rings. The van der Waals surface area contributed by atoms with Crippen molar-refractivity contribution in [2.45, 2.75) is 56.8 Å². The molecule has 16 heavy (non-hydrogen) atoms. The van der Waals surface area contributed by atoms with Gasteiger partial charge in [-0.3, -0.25) is 4.90 Å². The Hall–Kier alpha value is -0.120. The zero-order valence-electron chi connectivity index (χ0n) is 10.1. The summed E-state index contributed by atoms with van der Waals surface area (Å²) in [6.07, 6.45) is 9.06. The topological polar surface area (TPSA) is 38.5 Å². The van der Waals surface area contributed by atoms with Crippen molar-refractivity contribution >= 4 is 0 Å². The first-order valence-corrected chi connectivity index (χ1v) is 6.94. The largest absolute Gasteiger partial charge is 0.372 e. The van der Waals surface area contributed by atoms with Crippen molar-refractivity contribution < 1.29 is 4.74 Å². The smallest absolute Gasteiger partial charge is 0.0707 e. The van der Waals surface area contributed by atoms with Crippen LogP contribution in [0.15, 0.2) is 0 Å². The molecule has 2 N–H and O–H groups in total. The van der Waals surface area contributed by atoms with E-state index in [-0.39, 0.29) is 0 Å². The molecule has 0 radical (unpaired) electrons. The third kappa shape index (κ3) is 2.27. The molecule has 0 spiro atoms. The number of ether oxygens (including phenoxy) is 1. The van der Waals surface area contributed by atoms with E-state index in [1.54, 1.807) is 0 Å². The lowest BCUT2D eigenvalue weighted by Gasteiger charge is -2.35.